The maximum atomic E-state index is 12.6. The summed E-state index contributed by atoms with van der Waals surface area (Å²) in [5.74, 6) is -0.381. The molecule has 26 heavy (non-hydrogen) atoms. The van der Waals surface area contributed by atoms with E-state index < -0.39 is 12.1 Å². The summed E-state index contributed by atoms with van der Waals surface area (Å²) in [6, 6.07) is 19.1. The fraction of sp³-hybridized carbons (Fsp3) is 0.300. The molecule has 2 aromatic carbocycles. The third kappa shape index (κ3) is 4.65. The van der Waals surface area contributed by atoms with Crippen molar-refractivity contribution < 1.29 is 19.1 Å². The molecular formula is C20H21NO4Se. The molecule has 1 aliphatic heterocycles. The number of esters is 1. The third-order valence-corrected chi connectivity index (χ3v) is 6.78. The molecule has 0 bridgehead atoms. The molecule has 0 N–H and O–H groups in total. The fourth-order valence-corrected chi connectivity index (χ4v) is 5.48. The molecule has 1 amide bonds. The van der Waals surface area contributed by atoms with Gasteiger partial charge in [0.05, 0.1) is 0 Å². The van der Waals surface area contributed by atoms with Crippen LogP contribution in [0.25, 0.3) is 0 Å². The number of amides is 1. The van der Waals surface area contributed by atoms with E-state index in [0.717, 1.165) is 5.56 Å². The number of carbonyl (C=O) groups excluding carboxylic acids is 2. The van der Waals surface area contributed by atoms with Gasteiger partial charge in [0.2, 0.25) is 0 Å². The number of hydrogen-bond acceptors (Lipinski definition) is 4. The summed E-state index contributed by atoms with van der Waals surface area (Å²) in [4.78, 5) is 26.5. The molecule has 6 heteroatoms. The van der Waals surface area contributed by atoms with Crippen molar-refractivity contribution >= 4 is 31.5 Å². The fourth-order valence-electron chi connectivity index (χ4n) is 2.94. The van der Waals surface area contributed by atoms with E-state index in [4.69, 9.17) is 9.47 Å². The van der Waals surface area contributed by atoms with Crippen LogP contribution in [0.3, 0.4) is 0 Å². The van der Waals surface area contributed by atoms with Gasteiger partial charge in [-0.05, 0) is 0 Å². The predicted octanol–water partition coefficient (Wildman–Crippen LogP) is 2.39. The first-order valence-electron chi connectivity index (χ1n) is 8.44. The molecule has 136 valence electrons. The summed E-state index contributed by atoms with van der Waals surface area (Å²) >= 11 is 0.183. The van der Waals surface area contributed by atoms with Crippen LogP contribution in [0, 0.1) is 0 Å². The summed E-state index contributed by atoms with van der Waals surface area (Å²) in [7, 11) is 1.35. The quantitative estimate of drug-likeness (QED) is 0.553. The Kier molecular flexibility index (Phi) is 6.31. The van der Waals surface area contributed by atoms with Gasteiger partial charge in [-0.15, -0.1) is 0 Å². The minimum atomic E-state index is -0.570. The van der Waals surface area contributed by atoms with E-state index in [9.17, 15) is 9.59 Å². The predicted molar refractivity (Wildman–Crippen MR) is 99.3 cm³/mol. The first-order chi connectivity index (χ1) is 12.7. The SMILES string of the molecule is COC(=O)[C@H]1CC([Se]c2ccccc2)CN1C(=O)OCc1ccccc1. The number of methoxy groups -OCH3 is 1. The molecule has 2 aromatic rings. The normalized spacial score (nSPS) is 19.2. The zero-order valence-corrected chi connectivity index (χ0v) is 16.3. The van der Waals surface area contributed by atoms with Crippen LogP contribution in [0.5, 0.6) is 0 Å². The molecule has 1 aliphatic rings. The van der Waals surface area contributed by atoms with E-state index in [-0.39, 0.29) is 32.3 Å². The van der Waals surface area contributed by atoms with Crippen molar-refractivity contribution in [1.29, 1.82) is 0 Å². The molecule has 0 saturated carbocycles. The van der Waals surface area contributed by atoms with Gasteiger partial charge in [0, 0.05) is 0 Å². The van der Waals surface area contributed by atoms with Crippen LogP contribution >= 0.6 is 0 Å². The molecular weight excluding hydrogens is 397 g/mol. The van der Waals surface area contributed by atoms with Crippen LogP contribution in [0.1, 0.15) is 12.0 Å². The van der Waals surface area contributed by atoms with Crippen LogP contribution in [0.4, 0.5) is 4.79 Å². The van der Waals surface area contributed by atoms with Crippen molar-refractivity contribution in [2.45, 2.75) is 23.9 Å². The van der Waals surface area contributed by atoms with E-state index >= 15 is 0 Å². The van der Waals surface area contributed by atoms with Gasteiger partial charge in [0.15, 0.2) is 0 Å². The Hall–Kier alpha value is -2.30. The number of nitrogens with zero attached hydrogens (tertiary/aromatic N) is 1. The average Bonchev–Trinajstić information content (AvgIpc) is 3.11. The Labute approximate surface area is 159 Å². The number of carbonyl (C=O) groups is 2. The monoisotopic (exact) mass is 419 g/mol. The molecule has 1 saturated heterocycles. The van der Waals surface area contributed by atoms with Crippen LogP contribution in [0.2, 0.25) is 4.82 Å². The Morgan fingerprint density at radius 3 is 2.38 bits per heavy atom. The second-order valence-electron chi connectivity index (χ2n) is 6.02. The number of ether oxygens (including phenoxy) is 2. The molecule has 0 aliphatic carbocycles. The van der Waals surface area contributed by atoms with Crippen LogP contribution in [-0.2, 0) is 20.9 Å². The molecule has 3 rings (SSSR count). The summed E-state index contributed by atoms with van der Waals surface area (Å²) in [5.41, 5.74) is 0.916. The van der Waals surface area contributed by atoms with Gasteiger partial charge in [-0.3, -0.25) is 0 Å². The van der Waals surface area contributed by atoms with Crippen molar-refractivity contribution in [3.63, 3.8) is 0 Å². The topological polar surface area (TPSA) is 55.8 Å². The number of benzene rings is 2. The molecule has 0 spiro atoms. The first kappa shape index (κ1) is 18.5. The summed E-state index contributed by atoms with van der Waals surface area (Å²) in [6.07, 6.45) is 0.151. The van der Waals surface area contributed by atoms with E-state index in [1.807, 2.05) is 48.5 Å². The number of likely N-dealkylation sites (tertiary alicyclic amines) is 1. The van der Waals surface area contributed by atoms with Gasteiger partial charge in [-0.2, -0.15) is 0 Å². The van der Waals surface area contributed by atoms with Crippen molar-refractivity contribution in [3.05, 3.63) is 66.2 Å². The molecule has 0 aromatic heterocycles. The third-order valence-electron chi connectivity index (χ3n) is 4.22. The van der Waals surface area contributed by atoms with Crippen molar-refractivity contribution in [2.75, 3.05) is 13.7 Å². The zero-order chi connectivity index (χ0) is 18.4. The average molecular weight is 418 g/mol. The Morgan fingerprint density at radius 1 is 1.08 bits per heavy atom. The molecule has 0 radical (unpaired) electrons. The van der Waals surface area contributed by atoms with Crippen LogP contribution in [-0.4, -0.2) is 51.6 Å². The second kappa shape index (κ2) is 8.88. The standard InChI is InChI=1S/C20H21NO4Se/c1-24-19(22)18-12-17(26-16-10-6-3-7-11-16)13-21(18)20(23)25-14-15-8-4-2-5-9-15/h2-11,17-18H,12-14H2,1H3/t17?,18-/m1/s1. The van der Waals surface area contributed by atoms with Gasteiger partial charge >= 0.3 is 159 Å². The summed E-state index contributed by atoms with van der Waals surface area (Å²) in [6.45, 7) is 0.709. The molecule has 1 heterocycles. The summed E-state index contributed by atoms with van der Waals surface area (Å²) in [5, 5.41) is 0. The second-order valence-corrected chi connectivity index (χ2v) is 8.90. The van der Waals surface area contributed by atoms with Gasteiger partial charge in [-0.25, -0.2) is 0 Å². The Balaban J connectivity index is 1.64. The van der Waals surface area contributed by atoms with Crippen molar-refractivity contribution in [1.82, 2.24) is 4.90 Å². The minimum absolute atomic E-state index is 0.183. The first-order valence-corrected chi connectivity index (χ1v) is 10.3. The van der Waals surface area contributed by atoms with Crippen LogP contribution in [0.15, 0.2) is 60.7 Å². The van der Waals surface area contributed by atoms with Gasteiger partial charge in [-0.1, -0.05) is 0 Å². The van der Waals surface area contributed by atoms with Gasteiger partial charge in [0.1, 0.15) is 0 Å². The van der Waals surface area contributed by atoms with E-state index in [1.165, 1.54) is 16.5 Å². The van der Waals surface area contributed by atoms with Gasteiger partial charge < -0.3 is 0 Å². The van der Waals surface area contributed by atoms with E-state index in [0.29, 0.717) is 13.0 Å². The zero-order valence-electron chi connectivity index (χ0n) is 14.5. The molecule has 1 unspecified atom stereocenters. The van der Waals surface area contributed by atoms with Crippen molar-refractivity contribution in [2.24, 2.45) is 0 Å². The van der Waals surface area contributed by atoms with Crippen LogP contribution < -0.4 is 4.46 Å². The summed E-state index contributed by atoms with van der Waals surface area (Å²) < 4.78 is 11.6. The molecule has 2 atom stereocenters. The number of rotatable bonds is 5. The van der Waals surface area contributed by atoms with Gasteiger partial charge in [0.25, 0.3) is 0 Å². The maximum absolute atomic E-state index is 12.6. The van der Waals surface area contributed by atoms with Crippen molar-refractivity contribution in [3.8, 4) is 0 Å². The Morgan fingerprint density at radius 2 is 1.73 bits per heavy atom. The van der Waals surface area contributed by atoms with E-state index in [2.05, 4.69) is 12.1 Å². The molecule has 1 fully saturated rings. The Bertz CT molecular complexity index is 738. The molecule has 5 nitrogen and oxygen atoms in total. The van der Waals surface area contributed by atoms with E-state index in [1.54, 1.807) is 0 Å². The number of hydrogen-bond donors (Lipinski definition) is 0.